The minimum Gasteiger partial charge on any atom is -0.298 e. The second-order valence-corrected chi connectivity index (χ2v) is 5.86. The molecule has 1 atom stereocenters. The molecule has 4 heteroatoms. The SMILES string of the molecule is O=C(N/N=C\c1ccccc1)[C@H](NCc1ccccc1)c1ccccc1. The van der Waals surface area contributed by atoms with Crippen LogP contribution in [0.5, 0.6) is 0 Å². The average molecular weight is 343 g/mol. The molecule has 4 nitrogen and oxygen atoms in total. The molecule has 3 aromatic carbocycles. The van der Waals surface area contributed by atoms with E-state index in [1.807, 2.05) is 91.0 Å². The van der Waals surface area contributed by atoms with Crippen molar-refractivity contribution in [3.8, 4) is 0 Å². The fourth-order valence-corrected chi connectivity index (χ4v) is 2.60. The molecule has 0 spiro atoms. The molecule has 0 aliphatic heterocycles. The number of hydrazone groups is 1. The molecule has 0 fully saturated rings. The van der Waals surface area contributed by atoms with E-state index in [0.717, 1.165) is 16.7 Å². The van der Waals surface area contributed by atoms with Gasteiger partial charge in [0.05, 0.1) is 6.21 Å². The van der Waals surface area contributed by atoms with Crippen molar-refractivity contribution in [3.63, 3.8) is 0 Å². The summed E-state index contributed by atoms with van der Waals surface area (Å²) in [5.74, 6) is -0.195. The van der Waals surface area contributed by atoms with Crippen LogP contribution < -0.4 is 10.7 Å². The number of benzene rings is 3. The molecule has 0 unspecified atom stereocenters. The predicted octanol–water partition coefficient (Wildman–Crippen LogP) is 3.67. The molecule has 0 aliphatic rings. The van der Waals surface area contributed by atoms with Gasteiger partial charge in [0.2, 0.25) is 0 Å². The van der Waals surface area contributed by atoms with Crippen LogP contribution in [0, 0.1) is 0 Å². The zero-order valence-electron chi connectivity index (χ0n) is 14.4. The van der Waals surface area contributed by atoms with Crippen molar-refractivity contribution in [2.75, 3.05) is 0 Å². The first kappa shape index (κ1) is 17.6. The maximum Gasteiger partial charge on any atom is 0.261 e. The van der Waals surface area contributed by atoms with E-state index in [0.29, 0.717) is 6.54 Å². The Bertz CT molecular complexity index is 833. The van der Waals surface area contributed by atoms with Crippen molar-refractivity contribution in [1.29, 1.82) is 0 Å². The molecule has 130 valence electrons. The topological polar surface area (TPSA) is 53.5 Å². The summed E-state index contributed by atoms with van der Waals surface area (Å²) < 4.78 is 0. The number of nitrogens with one attached hydrogen (secondary N) is 2. The zero-order valence-corrected chi connectivity index (χ0v) is 14.4. The lowest BCUT2D eigenvalue weighted by Gasteiger charge is -2.17. The third kappa shape index (κ3) is 5.13. The van der Waals surface area contributed by atoms with Crippen LogP contribution in [0.1, 0.15) is 22.7 Å². The number of nitrogens with zero attached hydrogens (tertiary/aromatic N) is 1. The molecule has 1 amide bonds. The smallest absolute Gasteiger partial charge is 0.261 e. The minimum absolute atomic E-state index is 0.195. The molecule has 0 aliphatic carbocycles. The van der Waals surface area contributed by atoms with Gasteiger partial charge in [0.15, 0.2) is 0 Å². The van der Waals surface area contributed by atoms with E-state index < -0.39 is 6.04 Å². The van der Waals surface area contributed by atoms with E-state index in [1.165, 1.54) is 0 Å². The molecule has 0 saturated heterocycles. The highest BCUT2D eigenvalue weighted by atomic mass is 16.2. The number of hydrogen-bond donors (Lipinski definition) is 2. The molecule has 3 aromatic rings. The Morgan fingerprint density at radius 2 is 1.42 bits per heavy atom. The number of hydrogen-bond acceptors (Lipinski definition) is 3. The monoisotopic (exact) mass is 343 g/mol. The lowest BCUT2D eigenvalue weighted by molar-refractivity contribution is -0.123. The molecule has 0 bridgehead atoms. The highest BCUT2D eigenvalue weighted by Gasteiger charge is 2.19. The van der Waals surface area contributed by atoms with Crippen LogP contribution in [0.25, 0.3) is 0 Å². The van der Waals surface area contributed by atoms with Crippen molar-refractivity contribution in [3.05, 3.63) is 108 Å². The van der Waals surface area contributed by atoms with Crippen LogP contribution in [-0.4, -0.2) is 12.1 Å². The fourth-order valence-electron chi connectivity index (χ4n) is 2.60. The average Bonchev–Trinajstić information content (AvgIpc) is 2.70. The fraction of sp³-hybridized carbons (Fsp3) is 0.0909. The summed E-state index contributed by atoms with van der Waals surface area (Å²) in [5.41, 5.74) is 5.58. The predicted molar refractivity (Wildman–Crippen MR) is 105 cm³/mol. The third-order valence-electron chi connectivity index (χ3n) is 3.94. The number of rotatable bonds is 7. The summed E-state index contributed by atoms with van der Waals surface area (Å²) in [6.45, 7) is 0.593. The van der Waals surface area contributed by atoms with E-state index in [1.54, 1.807) is 6.21 Å². The van der Waals surface area contributed by atoms with E-state index in [4.69, 9.17) is 0 Å². The van der Waals surface area contributed by atoms with Crippen LogP contribution >= 0.6 is 0 Å². The number of amides is 1. The molecule has 0 heterocycles. The standard InChI is InChI=1S/C22H21N3O/c26-22(25-24-17-19-12-6-2-7-13-19)21(20-14-8-3-9-15-20)23-16-18-10-4-1-5-11-18/h1-15,17,21,23H,16H2,(H,25,26)/b24-17-/t21-/m1/s1. The van der Waals surface area contributed by atoms with E-state index in [-0.39, 0.29) is 5.91 Å². The molecule has 0 radical (unpaired) electrons. The maximum atomic E-state index is 12.7. The Hall–Kier alpha value is -3.24. The van der Waals surface area contributed by atoms with Gasteiger partial charge in [-0.05, 0) is 16.7 Å². The van der Waals surface area contributed by atoms with Crippen molar-refractivity contribution < 1.29 is 4.79 Å². The molecule has 0 aromatic heterocycles. The Morgan fingerprint density at radius 1 is 0.846 bits per heavy atom. The van der Waals surface area contributed by atoms with Crippen LogP contribution in [0.2, 0.25) is 0 Å². The Balaban J connectivity index is 1.68. The van der Waals surface area contributed by atoms with Gasteiger partial charge in [-0.1, -0.05) is 91.0 Å². The van der Waals surface area contributed by atoms with E-state index in [9.17, 15) is 4.79 Å². The minimum atomic E-state index is -0.482. The lowest BCUT2D eigenvalue weighted by atomic mass is 10.1. The molecule has 3 rings (SSSR count). The lowest BCUT2D eigenvalue weighted by Crippen LogP contribution is -2.35. The first-order valence-electron chi connectivity index (χ1n) is 8.53. The van der Waals surface area contributed by atoms with Crippen LogP contribution in [-0.2, 0) is 11.3 Å². The van der Waals surface area contributed by atoms with Crippen LogP contribution in [0.4, 0.5) is 0 Å². The van der Waals surface area contributed by atoms with Crippen LogP contribution in [0.15, 0.2) is 96.1 Å². The maximum absolute atomic E-state index is 12.7. The zero-order chi connectivity index (χ0) is 18.0. The summed E-state index contributed by atoms with van der Waals surface area (Å²) in [6, 6.07) is 28.8. The Labute approximate surface area is 153 Å². The summed E-state index contributed by atoms with van der Waals surface area (Å²) in [7, 11) is 0. The third-order valence-corrected chi connectivity index (χ3v) is 3.94. The van der Waals surface area contributed by atoms with E-state index >= 15 is 0 Å². The van der Waals surface area contributed by atoms with Gasteiger partial charge in [-0.2, -0.15) is 5.10 Å². The largest absolute Gasteiger partial charge is 0.298 e. The number of carbonyl (C=O) groups is 1. The van der Waals surface area contributed by atoms with Crippen molar-refractivity contribution in [1.82, 2.24) is 10.7 Å². The van der Waals surface area contributed by atoms with Gasteiger partial charge >= 0.3 is 0 Å². The van der Waals surface area contributed by atoms with Crippen molar-refractivity contribution in [2.45, 2.75) is 12.6 Å². The quantitative estimate of drug-likeness (QED) is 0.508. The van der Waals surface area contributed by atoms with Gasteiger partial charge in [-0.3, -0.25) is 10.1 Å². The normalized spacial score (nSPS) is 12.0. The van der Waals surface area contributed by atoms with E-state index in [2.05, 4.69) is 15.8 Å². The highest BCUT2D eigenvalue weighted by molar-refractivity contribution is 5.85. The second-order valence-electron chi connectivity index (χ2n) is 5.86. The van der Waals surface area contributed by atoms with Gasteiger partial charge < -0.3 is 0 Å². The summed E-state index contributed by atoms with van der Waals surface area (Å²) >= 11 is 0. The molecular formula is C22H21N3O. The Kier molecular flexibility index (Phi) is 6.29. The first-order valence-corrected chi connectivity index (χ1v) is 8.53. The molecule has 26 heavy (non-hydrogen) atoms. The highest BCUT2D eigenvalue weighted by Crippen LogP contribution is 2.14. The first-order chi connectivity index (χ1) is 12.8. The van der Waals surface area contributed by atoms with Gasteiger partial charge in [0, 0.05) is 6.54 Å². The van der Waals surface area contributed by atoms with Gasteiger partial charge in [-0.15, -0.1) is 0 Å². The van der Waals surface area contributed by atoms with Gasteiger partial charge in [-0.25, -0.2) is 5.43 Å². The summed E-state index contributed by atoms with van der Waals surface area (Å²) in [5, 5.41) is 7.39. The Morgan fingerprint density at radius 3 is 2.08 bits per heavy atom. The molecular weight excluding hydrogens is 322 g/mol. The summed E-state index contributed by atoms with van der Waals surface area (Å²) in [4.78, 5) is 12.7. The number of carbonyl (C=O) groups excluding carboxylic acids is 1. The van der Waals surface area contributed by atoms with Gasteiger partial charge in [0.25, 0.3) is 5.91 Å². The molecule has 2 N–H and O–H groups in total. The van der Waals surface area contributed by atoms with Crippen LogP contribution in [0.3, 0.4) is 0 Å². The van der Waals surface area contributed by atoms with Crippen molar-refractivity contribution in [2.24, 2.45) is 5.10 Å². The summed E-state index contributed by atoms with van der Waals surface area (Å²) in [6.07, 6.45) is 1.64. The van der Waals surface area contributed by atoms with Gasteiger partial charge in [0.1, 0.15) is 6.04 Å². The van der Waals surface area contributed by atoms with Crippen molar-refractivity contribution >= 4 is 12.1 Å². The molecule has 0 saturated carbocycles. The second kappa shape index (κ2) is 9.30.